The van der Waals surface area contributed by atoms with Crippen LogP contribution in [0.15, 0.2) is 24.3 Å². The van der Waals surface area contributed by atoms with Crippen molar-refractivity contribution in [1.29, 1.82) is 0 Å². The van der Waals surface area contributed by atoms with Gasteiger partial charge < -0.3 is 5.11 Å². The lowest BCUT2D eigenvalue weighted by Gasteiger charge is -2.11. The molecule has 1 atom stereocenters. The summed E-state index contributed by atoms with van der Waals surface area (Å²) in [5.41, 5.74) is 1.95. The van der Waals surface area contributed by atoms with Crippen LogP contribution in [0.1, 0.15) is 88.9 Å². The second kappa shape index (κ2) is 11.4. The fourth-order valence-electron chi connectivity index (χ4n) is 2.79. The third kappa shape index (κ3) is 7.22. The molecule has 1 rings (SSSR count). The molecule has 0 radical (unpaired) electrons. The Labute approximate surface area is 135 Å². The van der Waals surface area contributed by atoms with Crippen molar-refractivity contribution in [2.24, 2.45) is 0 Å². The molecule has 0 saturated heterocycles. The fourth-order valence-corrected chi connectivity index (χ4v) is 2.79. The summed E-state index contributed by atoms with van der Waals surface area (Å²) in [5.74, 6) is -0.0396. The maximum absolute atomic E-state index is 12.1. The molecule has 1 N–H and O–H groups in total. The molecule has 1 aromatic rings. The van der Waals surface area contributed by atoms with Crippen LogP contribution in [0.5, 0.6) is 0 Å². The molecule has 0 bridgehead atoms. The Morgan fingerprint density at radius 2 is 1.68 bits per heavy atom. The molecule has 0 aliphatic carbocycles. The van der Waals surface area contributed by atoms with E-state index in [9.17, 15) is 9.90 Å². The van der Waals surface area contributed by atoms with Crippen LogP contribution in [0.3, 0.4) is 0 Å². The molecule has 0 amide bonds. The van der Waals surface area contributed by atoms with Crippen LogP contribution in [0.2, 0.25) is 0 Å². The Bertz CT molecular complexity index is 425. The van der Waals surface area contributed by atoms with Gasteiger partial charge in [0.15, 0.2) is 5.78 Å². The normalized spacial score (nSPS) is 12.3. The van der Waals surface area contributed by atoms with Crippen LogP contribution < -0.4 is 0 Å². The summed E-state index contributed by atoms with van der Waals surface area (Å²) in [6.07, 6.45) is 9.96. The Morgan fingerprint density at radius 1 is 1.00 bits per heavy atom. The molecule has 124 valence electrons. The Kier molecular flexibility index (Phi) is 9.81. The molecule has 0 saturated carbocycles. The molecular weight excluding hydrogens is 272 g/mol. The molecule has 0 spiro atoms. The lowest BCUT2D eigenvalue weighted by atomic mass is 9.98. The number of carbonyl (C=O) groups excluding carboxylic acids is 1. The minimum absolute atomic E-state index is 0.0396. The predicted molar refractivity (Wildman–Crippen MR) is 93.0 cm³/mol. The largest absolute Gasteiger partial charge is 0.381 e. The Hall–Kier alpha value is -1.15. The van der Waals surface area contributed by atoms with E-state index in [1.165, 1.54) is 37.7 Å². The van der Waals surface area contributed by atoms with Crippen molar-refractivity contribution in [2.45, 2.75) is 84.2 Å². The van der Waals surface area contributed by atoms with E-state index in [1.54, 1.807) is 0 Å². The minimum Gasteiger partial charge on any atom is -0.381 e. The molecule has 0 aromatic heterocycles. The van der Waals surface area contributed by atoms with Gasteiger partial charge in [0.2, 0.25) is 0 Å². The third-order valence-corrected chi connectivity index (χ3v) is 4.14. The number of hydrogen-bond donors (Lipinski definition) is 1. The van der Waals surface area contributed by atoms with Gasteiger partial charge >= 0.3 is 0 Å². The molecule has 0 aliphatic heterocycles. The number of unbranched alkanes of at least 4 members (excludes halogenated alkanes) is 6. The van der Waals surface area contributed by atoms with E-state index in [0.29, 0.717) is 6.42 Å². The van der Waals surface area contributed by atoms with Crippen LogP contribution in [0.25, 0.3) is 0 Å². The zero-order valence-corrected chi connectivity index (χ0v) is 14.3. The first-order chi connectivity index (χ1) is 10.7. The molecule has 2 nitrogen and oxygen atoms in total. The smallest absolute Gasteiger partial charge is 0.165 e. The predicted octanol–water partition coefficient (Wildman–Crippen LogP) is 5.38. The van der Waals surface area contributed by atoms with Crippen molar-refractivity contribution in [1.82, 2.24) is 0 Å². The van der Waals surface area contributed by atoms with Crippen molar-refractivity contribution < 1.29 is 9.90 Å². The van der Waals surface area contributed by atoms with Gasteiger partial charge in [-0.25, -0.2) is 0 Å². The van der Waals surface area contributed by atoms with Gasteiger partial charge in [-0.3, -0.25) is 4.79 Å². The topological polar surface area (TPSA) is 37.3 Å². The first-order valence-corrected chi connectivity index (χ1v) is 8.98. The first-order valence-electron chi connectivity index (χ1n) is 8.98. The number of benzene rings is 1. The first kappa shape index (κ1) is 18.9. The number of aliphatic hydroxyl groups excluding tert-OH is 1. The summed E-state index contributed by atoms with van der Waals surface area (Å²) in [5, 5.41) is 10.2. The van der Waals surface area contributed by atoms with Gasteiger partial charge in [0, 0.05) is 6.42 Å². The van der Waals surface area contributed by atoms with E-state index in [4.69, 9.17) is 0 Å². The molecular formula is C20H32O2. The summed E-state index contributed by atoms with van der Waals surface area (Å²) >= 11 is 0. The Balaban J connectivity index is 2.31. The van der Waals surface area contributed by atoms with E-state index in [-0.39, 0.29) is 5.78 Å². The highest BCUT2D eigenvalue weighted by molar-refractivity contribution is 5.84. The summed E-state index contributed by atoms with van der Waals surface area (Å²) in [4.78, 5) is 12.1. The van der Waals surface area contributed by atoms with Gasteiger partial charge in [0.05, 0.1) is 0 Å². The van der Waals surface area contributed by atoms with E-state index in [1.807, 2.05) is 18.2 Å². The quantitative estimate of drug-likeness (QED) is 0.526. The van der Waals surface area contributed by atoms with Gasteiger partial charge in [-0.15, -0.1) is 0 Å². The van der Waals surface area contributed by atoms with Crippen LogP contribution in [-0.2, 0) is 11.2 Å². The average molecular weight is 304 g/mol. The van der Waals surface area contributed by atoms with Crippen LogP contribution in [0, 0.1) is 0 Å². The van der Waals surface area contributed by atoms with Gasteiger partial charge in [0.25, 0.3) is 0 Å². The molecule has 22 heavy (non-hydrogen) atoms. The zero-order valence-electron chi connectivity index (χ0n) is 14.3. The van der Waals surface area contributed by atoms with Gasteiger partial charge in [-0.2, -0.15) is 0 Å². The SMILES string of the molecule is CCCCCCCCCC(=O)C(O)c1cccc(CCC)c1. The molecule has 2 heteroatoms. The molecule has 0 aliphatic rings. The highest BCUT2D eigenvalue weighted by atomic mass is 16.3. The van der Waals surface area contributed by atoms with Crippen molar-refractivity contribution >= 4 is 5.78 Å². The van der Waals surface area contributed by atoms with E-state index in [0.717, 1.165) is 31.2 Å². The summed E-state index contributed by atoms with van der Waals surface area (Å²) in [6, 6.07) is 7.81. The van der Waals surface area contributed by atoms with Gasteiger partial charge in [-0.05, 0) is 24.0 Å². The Morgan fingerprint density at radius 3 is 2.36 bits per heavy atom. The van der Waals surface area contributed by atoms with Crippen molar-refractivity contribution in [3.05, 3.63) is 35.4 Å². The van der Waals surface area contributed by atoms with E-state index in [2.05, 4.69) is 19.9 Å². The average Bonchev–Trinajstić information content (AvgIpc) is 2.53. The van der Waals surface area contributed by atoms with Crippen molar-refractivity contribution in [3.8, 4) is 0 Å². The second-order valence-corrected chi connectivity index (χ2v) is 6.24. The second-order valence-electron chi connectivity index (χ2n) is 6.24. The number of aryl methyl sites for hydroxylation is 1. The maximum atomic E-state index is 12.1. The summed E-state index contributed by atoms with van der Waals surface area (Å²) < 4.78 is 0. The maximum Gasteiger partial charge on any atom is 0.165 e. The highest BCUT2D eigenvalue weighted by Crippen LogP contribution is 2.19. The van der Waals surface area contributed by atoms with Crippen LogP contribution >= 0.6 is 0 Å². The van der Waals surface area contributed by atoms with Crippen LogP contribution in [-0.4, -0.2) is 10.9 Å². The minimum atomic E-state index is -0.947. The lowest BCUT2D eigenvalue weighted by Crippen LogP contribution is -2.12. The summed E-state index contributed by atoms with van der Waals surface area (Å²) in [6.45, 7) is 4.35. The number of hydrogen-bond acceptors (Lipinski definition) is 2. The number of carbonyl (C=O) groups is 1. The monoisotopic (exact) mass is 304 g/mol. The lowest BCUT2D eigenvalue weighted by molar-refractivity contribution is -0.127. The van der Waals surface area contributed by atoms with E-state index >= 15 is 0 Å². The number of Topliss-reactive ketones (excluding diaryl/α,β-unsaturated/α-hetero) is 1. The van der Waals surface area contributed by atoms with E-state index < -0.39 is 6.10 Å². The van der Waals surface area contributed by atoms with Crippen molar-refractivity contribution in [3.63, 3.8) is 0 Å². The summed E-state index contributed by atoms with van der Waals surface area (Å²) in [7, 11) is 0. The molecule has 0 heterocycles. The zero-order chi connectivity index (χ0) is 16.2. The molecule has 1 aromatic carbocycles. The highest BCUT2D eigenvalue weighted by Gasteiger charge is 2.16. The van der Waals surface area contributed by atoms with Crippen molar-refractivity contribution in [2.75, 3.05) is 0 Å². The van der Waals surface area contributed by atoms with Gasteiger partial charge in [-0.1, -0.05) is 83.1 Å². The third-order valence-electron chi connectivity index (χ3n) is 4.14. The van der Waals surface area contributed by atoms with Gasteiger partial charge in [0.1, 0.15) is 6.10 Å². The molecule has 1 unspecified atom stereocenters. The number of aliphatic hydroxyl groups is 1. The number of rotatable bonds is 12. The number of ketones is 1. The standard InChI is InChI=1S/C20H32O2/c1-3-5-6-7-8-9-10-15-19(21)20(22)18-14-11-13-17(16-18)12-4-2/h11,13-14,16,20,22H,3-10,12,15H2,1-2H3. The molecule has 0 fully saturated rings. The fraction of sp³-hybridized carbons (Fsp3) is 0.650. The van der Waals surface area contributed by atoms with Crippen LogP contribution in [0.4, 0.5) is 0 Å².